The molecule has 150 valence electrons. The van der Waals surface area contributed by atoms with Crippen LogP contribution in [0.25, 0.3) is 0 Å². The summed E-state index contributed by atoms with van der Waals surface area (Å²) in [5, 5.41) is 5.78. The summed E-state index contributed by atoms with van der Waals surface area (Å²) in [6, 6.07) is 12.8. The molecule has 2 rings (SSSR count). The molecular weight excluding hydrogens is 352 g/mol. The molecule has 2 N–H and O–H groups in total. The van der Waals surface area contributed by atoms with E-state index in [0.717, 1.165) is 11.1 Å². The summed E-state index contributed by atoms with van der Waals surface area (Å²) in [5.41, 5.74) is 2.65. The van der Waals surface area contributed by atoms with Crippen molar-refractivity contribution in [2.75, 3.05) is 5.32 Å². The van der Waals surface area contributed by atoms with Crippen molar-refractivity contribution in [3.05, 3.63) is 59.2 Å². The van der Waals surface area contributed by atoms with Crippen LogP contribution in [0.2, 0.25) is 0 Å². The van der Waals surface area contributed by atoms with Gasteiger partial charge in [0, 0.05) is 5.54 Å². The van der Waals surface area contributed by atoms with Crippen LogP contribution < -0.4 is 15.4 Å². The number of amides is 2. The van der Waals surface area contributed by atoms with Crippen LogP contribution in [0.15, 0.2) is 42.5 Å². The van der Waals surface area contributed by atoms with Gasteiger partial charge >= 0.3 is 0 Å². The van der Waals surface area contributed by atoms with Gasteiger partial charge in [-0.05, 0) is 70.4 Å². The summed E-state index contributed by atoms with van der Waals surface area (Å²) in [7, 11) is 0. The van der Waals surface area contributed by atoms with E-state index in [4.69, 9.17) is 4.74 Å². The molecule has 2 aromatic carbocycles. The normalized spacial score (nSPS) is 12.2. The molecule has 0 radical (unpaired) electrons. The van der Waals surface area contributed by atoms with Gasteiger partial charge in [-0.2, -0.15) is 0 Å². The molecule has 28 heavy (non-hydrogen) atoms. The lowest BCUT2D eigenvalue weighted by molar-refractivity contribution is -0.122. The molecule has 2 amide bonds. The molecule has 5 heteroatoms. The molecule has 0 heterocycles. The number of rotatable bonds is 6. The molecule has 5 nitrogen and oxygen atoms in total. The Bertz CT molecular complexity index is 853. The Morgan fingerprint density at radius 1 is 1.04 bits per heavy atom. The van der Waals surface area contributed by atoms with Crippen LogP contribution in [0, 0.1) is 13.8 Å². The Labute approximate surface area is 167 Å². The lowest BCUT2D eigenvalue weighted by Crippen LogP contribution is -2.41. The number of hydrogen-bond acceptors (Lipinski definition) is 3. The maximum Gasteiger partial charge on any atom is 0.265 e. The number of hydrogen-bond donors (Lipinski definition) is 2. The lowest BCUT2D eigenvalue weighted by Gasteiger charge is -2.22. The third kappa shape index (κ3) is 5.59. The first-order valence-electron chi connectivity index (χ1n) is 9.57. The molecule has 0 fully saturated rings. The Hall–Kier alpha value is -2.82. The van der Waals surface area contributed by atoms with E-state index in [9.17, 15) is 9.59 Å². The molecule has 0 saturated carbocycles. The van der Waals surface area contributed by atoms with E-state index in [1.165, 1.54) is 0 Å². The van der Waals surface area contributed by atoms with Gasteiger partial charge in [-0.25, -0.2) is 0 Å². The molecular formula is C23H30N2O3. The minimum atomic E-state index is -0.653. The van der Waals surface area contributed by atoms with Gasteiger partial charge < -0.3 is 15.4 Å². The van der Waals surface area contributed by atoms with Gasteiger partial charge in [0.05, 0.1) is 11.3 Å². The highest BCUT2D eigenvalue weighted by Crippen LogP contribution is 2.23. The van der Waals surface area contributed by atoms with Crippen LogP contribution >= 0.6 is 0 Å². The highest BCUT2D eigenvalue weighted by Gasteiger charge is 2.23. The number of benzene rings is 2. The van der Waals surface area contributed by atoms with Crippen LogP contribution in [0.1, 0.15) is 55.6 Å². The van der Waals surface area contributed by atoms with E-state index in [-0.39, 0.29) is 17.4 Å². The van der Waals surface area contributed by atoms with Crippen LogP contribution in [0.3, 0.4) is 0 Å². The first-order valence-corrected chi connectivity index (χ1v) is 9.57. The van der Waals surface area contributed by atoms with Gasteiger partial charge in [-0.1, -0.05) is 31.2 Å². The van der Waals surface area contributed by atoms with Crippen molar-refractivity contribution in [2.24, 2.45) is 0 Å². The minimum absolute atomic E-state index is 0.230. The van der Waals surface area contributed by atoms with E-state index in [1.807, 2.05) is 59.7 Å². The maximum atomic E-state index is 12.8. The number of ether oxygens (including phenoxy) is 1. The number of carbonyl (C=O) groups is 2. The number of para-hydroxylation sites is 1. The second-order valence-electron chi connectivity index (χ2n) is 7.95. The standard InChI is InChI=1S/C23H30N2O3/c1-7-19(28-20-14-10-11-15(2)16(20)3)22(27)24-18-13-9-8-12-17(18)21(26)25-23(4,5)6/h8-14,19H,7H2,1-6H3,(H,24,27)(H,25,26)/t19-/m0/s1. The smallest absolute Gasteiger partial charge is 0.265 e. The van der Waals surface area contributed by atoms with Crippen LogP contribution in [-0.4, -0.2) is 23.5 Å². The van der Waals surface area contributed by atoms with Gasteiger partial charge in [0.25, 0.3) is 11.8 Å². The van der Waals surface area contributed by atoms with E-state index in [2.05, 4.69) is 10.6 Å². The minimum Gasteiger partial charge on any atom is -0.480 e. The van der Waals surface area contributed by atoms with Crippen molar-refractivity contribution in [2.45, 2.75) is 59.6 Å². The third-order valence-electron chi connectivity index (χ3n) is 4.41. The van der Waals surface area contributed by atoms with Gasteiger partial charge in [-0.3, -0.25) is 9.59 Å². The first-order chi connectivity index (χ1) is 13.1. The molecule has 2 aromatic rings. The quantitative estimate of drug-likeness (QED) is 0.765. The van der Waals surface area contributed by atoms with E-state index >= 15 is 0 Å². The number of carbonyl (C=O) groups excluding carboxylic acids is 2. The molecule has 0 aromatic heterocycles. The van der Waals surface area contributed by atoms with Crippen molar-refractivity contribution >= 4 is 17.5 Å². The predicted molar refractivity (Wildman–Crippen MR) is 113 cm³/mol. The van der Waals surface area contributed by atoms with Gasteiger partial charge in [0.15, 0.2) is 6.10 Å². The van der Waals surface area contributed by atoms with E-state index in [0.29, 0.717) is 23.4 Å². The number of anilines is 1. The number of nitrogens with one attached hydrogen (secondary N) is 2. The summed E-state index contributed by atoms with van der Waals surface area (Å²) in [4.78, 5) is 25.4. The number of aryl methyl sites for hydroxylation is 1. The van der Waals surface area contributed by atoms with E-state index in [1.54, 1.807) is 24.3 Å². The molecule has 0 bridgehead atoms. The average molecular weight is 383 g/mol. The molecule has 0 unspecified atom stereocenters. The van der Waals surface area contributed by atoms with Gasteiger partial charge in [0.2, 0.25) is 0 Å². The van der Waals surface area contributed by atoms with Gasteiger partial charge in [0.1, 0.15) is 5.75 Å². The Morgan fingerprint density at radius 2 is 1.71 bits per heavy atom. The van der Waals surface area contributed by atoms with E-state index < -0.39 is 6.10 Å². The second kappa shape index (κ2) is 8.91. The van der Waals surface area contributed by atoms with Crippen molar-refractivity contribution in [3.63, 3.8) is 0 Å². The topological polar surface area (TPSA) is 67.4 Å². The Balaban J connectivity index is 2.19. The first kappa shape index (κ1) is 21.5. The highest BCUT2D eigenvalue weighted by molar-refractivity contribution is 6.04. The molecule has 0 aliphatic carbocycles. The summed E-state index contributed by atoms with van der Waals surface area (Å²) < 4.78 is 5.98. The molecule has 0 saturated heterocycles. The largest absolute Gasteiger partial charge is 0.480 e. The Kier molecular flexibility index (Phi) is 6.84. The molecule has 0 spiro atoms. The molecule has 1 atom stereocenters. The predicted octanol–water partition coefficient (Wildman–Crippen LogP) is 4.63. The van der Waals surface area contributed by atoms with Gasteiger partial charge in [-0.15, -0.1) is 0 Å². The summed E-state index contributed by atoms with van der Waals surface area (Å²) in [6.45, 7) is 11.6. The summed E-state index contributed by atoms with van der Waals surface area (Å²) >= 11 is 0. The summed E-state index contributed by atoms with van der Waals surface area (Å²) in [6.07, 6.45) is -0.144. The fourth-order valence-corrected chi connectivity index (χ4v) is 2.74. The fraction of sp³-hybridized carbons (Fsp3) is 0.391. The average Bonchev–Trinajstić information content (AvgIpc) is 2.61. The lowest BCUT2D eigenvalue weighted by atomic mass is 10.1. The molecule has 0 aliphatic heterocycles. The van der Waals surface area contributed by atoms with Crippen LogP contribution in [0.5, 0.6) is 5.75 Å². The SMILES string of the molecule is CC[C@H](Oc1cccc(C)c1C)C(=O)Nc1ccccc1C(=O)NC(C)(C)C. The zero-order valence-corrected chi connectivity index (χ0v) is 17.6. The maximum absolute atomic E-state index is 12.8. The zero-order valence-electron chi connectivity index (χ0n) is 17.6. The highest BCUT2D eigenvalue weighted by atomic mass is 16.5. The van der Waals surface area contributed by atoms with Crippen molar-refractivity contribution in [3.8, 4) is 5.75 Å². The second-order valence-corrected chi connectivity index (χ2v) is 7.95. The Morgan fingerprint density at radius 3 is 2.36 bits per heavy atom. The third-order valence-corrected chi connectivity index (χ3v) is 4.41. The van der Waals surface area contributed by atoms with Crippen molar-refractivity contribution in [1.29, 1.82) is 0 Å². The summed E-state index contributed by atoms with van der Waals surface area (Å²) in [5.74, 6) is 0.187. The van der Waals surface area contributed by atoms with Crippen LogP contribution in [0.4, 0.5) is 5.69 Å². The molecule has 0 aliphatic rings. The van der Waals surface area contributed by atoms with Crippen molar-refractivity contribution < 1.29 is 14.3 Å². The monoisotopic (exact) mass is 382 g/mol. The van der Waals surface area contributed by atoms with Crippen LogP contribution in [-0.2, 0) is 4.79 Å². The fourth-order valence-electron chi connectivity index (χ4n) is 2.74. The van der Waals surface area contributed by atoms with Crippen molar-refractivity contribution in [1.82, 2.24) is 5.32 Å². The zero-order chi connectivity index (χ0) is 20.9.